The molecule has 1 aliphatic carbocycles. The monoisotopic (exact) mass is 371 g/mol. The van der Waals surface area contributed by atoms with E-state index < -0.39 is 0 Å². The van der Waals surface area contributed by atoms with E-state index in [2.05, 4.69) is 22.6 Å². The molecule has 0 aromatic heterocycles. The Morgan fingerprint density at radius 2 is 1.81 bits per heavy atom. The second-order valence-electron chi connectivity index (χ2n) is 8.20. The highest BCUT2D eigenvalue weighted by Crippen LogP contribution is 2.25. The number of likely N-dealkylation sites (tertiary alicyclic amines) is 1. The summed E-state index contributed by atoms with van der Waals surface area (Å²) in [5, 5.41) is 6.03. The lowest BCUT2D eigenvalue weighted by Gasteiger charge is -2.28. The van der Waals surface area contributed by atoms with Crippen LogP contribution in [0.1, 0.15) is 61.7 Å². The minimum Gasteiger partial charge on any atom is -0.352 e. The first kappa shape index (κ1) is 19.9. The van der Waals surface area contributed by atoms with E-state index in [1.54, 1.807) is 12.1 Å². The summed E-state index contributed by atoms with van der Waals surface area (Å²) >= 11 is 0. The normalized spacial score (nSPS) is 19.6. The predicted molar refractivity (Wildman–Crippen MR) is 109 cm³/mol. The average molecular weight is 372 g/mol. The molecule has 1 saturated heterocycles. The van der Waals surface area contributed by atoms with Gasteiger partial charge in [-0.1, -0.05) is 25.3 Å². The van der Waals surface area contributed by atoms with E-state index in [0.717, 1.165) is 45.2 Å². The Morgan fingerprint density at radius 3 is 2.56 bits per heavy atom. The van der Waals surface area contributed by atoms with Crippen molar-refractivity contribution < 1.29 is 9.59 Å². The molecule has 0 bridgehead atoms. The summed E-state index contributed by atoms with van der Waals surface area (Å²) in [6, 6.07) is 7.28. The summed E-state index contributed by atoms with van der Waals surface area (Å²) in [6.45, 7) is 3.02. The maximum absolute atomic E-state index is 12.4. The lowest BCUT2D eigenvalue weighted by atomic mass is 9.88. The second kappa shape index (κ2) is 9.88. The number of anilines is 1. The summed E-state index contributed by atoms with van der Waals surface area (Å²) in [6.07, 6.45) is 8.93. The Morgan fingerprint density at radius 1 is 1.07 bits per heavy atom. The van der Waals surface area contributed by atoms with Crippen molar-refractivity contribution in [1.82, 2.24) is 10.2 Å². The fourth-order valence-corrected chi connectivity index (χ4v) is 4.19. The molecule has 1 saturated carbocycles. The van der Waals surface area contributed by atoms with E-state index in [9.17, 15) is 9.59 Å². The van der Waals surface area contributed by atoms with Crippen LogP contribution < -0.4 is 10.6 Å². The van der Waals surface area contributed by atoms with Crippen LogP contribution in [0.4, 0.5) is 5.69 Å². The minimum atomic E-state index is -0.0586. The number of nitrogens with one attached hydrogen (secondary N) is 2. The lowest BCUT2D eigenvalue weighted by molar-refractivity contribution is -0.120. The second-order valence-corrected chi connectivity index (χ2v) is 8.20. The molecule has 2 fully saturated rings. The number of carbonyl (C=O) groups excluding carboxylic acids is 2. The molecule has 5 nitrogen and oxygen atoms in total. The molecule has 148 valence electrons. The van der Waals surface area contributed by atoms with Crippen LogP contribution in [-0.2, 0) is 4.79 Å². The lowest BCUT2D eigenvalue weighted by Crippen LogP contribution is -2.32. The molecule has 2 N–H and O–H groups in total. The summed E-state index contributed by atoms with van der Waals surface area (Å²) < 4.78 is 0. The number of amides is 2. The highest BCUT2D eigenvalue weighted by molar-refractivity contribution is 5.97. The Balaban J connectivity index is 1.46. The zero-order valence-electron chi connectivity index (χ0n) is 16.5. The summed E-state index contributed by atoms with van der Waals surface area (Å²) in [5.74, 6) is 0.861. The zero-order chi connectivity index (χ0) is 19.1. The van der Waals surface area contributed by atoms with Crippen molar-refractivity contribution in [3.05, 3.63) is 29.8 Å². The van der Waals surface area contributed by atoms with Crippen LogP contribution in [0, 0.1) is 11.8 Å². The molecule has 27 heavy (non-hydrogen) atoms. The third kappa shape index (κ3) is 6.06. The van der Waals surface area contributed by atoms with Crippen molar-refractivity contribution in [1.29, 1.82) is 0 Å². The molecular formula is C22H33N3O2. The molecule has 0 radical (unpaired) electrons. The van der Waals surface area contributed by atoms with Gasteiger partial charge in [-0.15, -0.1) is 0 Å². The smallest absolute Gasteiger partial charge is 0.251 e. The van der Waals surface area contributed by atoms with Gasteiger partial charge in [-0.3, -0.25) is 9.59 Å². The van der Waals surface area contributed by atoms with Gasteiger partial charge < -0.3 is 15.5 Å². The van der Waals surface area contributed by atoms with Gasteiger partial charge in [0.2, 0.25) is 5.91 Å². The molecule has 3 rings (SSSR count). The zero-order valence-corrected chi connectivity index (χ0v) is 16.5. The fourth-order valence-electron chi connectivity index (χ4n) is 4.19. The van der Waals surface area contributed by atoms with E-state index in [4.69, 9.17) is 0 Å². The molecule has 1 aromatic rings. The predicted octanol–water partition coefficient (Wildman–Crippen LogP) is 3.67. The first-order chi connectivity index (χ1) is 13.1. The first-order valence-electron chi connectivity index (χ1n) is 10.5. The van der Waals surface area contributed by atoms with Crippen LogP contribution in [0.2, 0.25) is 0 Å². The van der Waals surface area contributed by atoms with E-state index in [0.29, 0.717) is 23.7 Å². The molecule has 1 heterocycles. The molecule has 2 amide bonds. The molecule has 0 unspecified atom stereocenters. The van der Waals surface area contributed by atoms with Crippen LogP contribution in [-0.4, -0.2) is 43.4 Å². The average Bonchev–Trinajstić information content (AvgIpc) is 2.70. The molecule has 1 aliphatic heterocycles. The van der Waals surface area contributed by atoms with Gasteiger partial charge in [-0.2, -0.15) is 0 Å². The Bertz CT molecular complexity index is 632. The van der Waals surface area contributed by atoms with Gasteiger partial charge in [0.1, 0.15) is 0 Å². The molecular weight excluding hydrogens is 338 g/mol. The van der Waals surface area contributed by atoms with Gasteiger partial charge in [0.15, 0.2) is 0 Å². The van der Waals surface area contributed by atoms with Gasteiger partial charge in [0.05, 0.1) is 0 Å². The number of benzene rings is 1. The molecule has 0 atom stereocenters. The summed E-state index contributed by atoms with van der Waals surface area (Å²) in [4.78, 5) is 27.2. The number of nitrogens with zero attached hydrogens (tertiary/aromatic N) is 1. The van der Waals surface area contributed by atoms with E-state index >= 15 is 0 Å². The number of hydrogen-bond donors (Lipinski definition) is 2. The van der Waals surface area contributed by atoms with E-state index in [1.807, 2.05) is 12.1 Å². The standard InChI is InChI=1S/C22H33N3O2/c1-25-14-11-17(12-15-25)10-13-23-21(26)19-8-5-9-20(16-19)24-22(27)18-6-3-2-4-7-18/h5,8-9,16-18H,2-4,6-7,10-15H2,1H3,(H,23,26)(H,24,27). The van der Waals surface area contributed by atoms with Crippen LogP contribution >= 0.6 is 0 Å². The molecule has 2 aliphatic rings. The number of carbonyl (C=O) groups is 2. The van der Waals surface area contributed by atoms with Crippen molar-refractivity contribution in [3.8, 4) is 0 Å². The minimum absolute atomic E-state index is 0.0586. The van der Waals surface area contributed by atoms with Crippen molar-refractivity contribution in [2.75, 3.05) is 32.0 Å². The summed E-state index contributed by atoms with van der Waals surface area (Å²) in [5.41, 5.74) is 1.33. The van der Waals surface area contributed by atoms with Crippen molar-refractivity contribution in [2.24, 2.45) is 11.8 Å². The highest BCUT2D eigenvalue weighted by Gasteiger charge is 2.21. The largest absolute Gasteiger partial charge is 0.352 e. The Kier molecular flexibility index (Phi) is 7.27. The van der Waals surface area contributed by atoms with Gasteiger partial charge in [-0.25, -0.2) is 0 Å². The van der Waals surface area contributed by atoms with Crippen molar-refractivity contribution >= 4 is 17.5 Å². The van der Waals surface area contributed by atoms with Crippen LogP contribution in [0.5, 0.6) is 0 Å². The Hall–Kier alpha value is -1.88. The van der Waals surface area contributed by atoms with Gasteiger partial charge >= 0.3 is 0 Å². The molecule has 1 aromatic carbocycles. The third-order valence-corrected chi connectivity index (χ3v) is 6.04. The fraction of sp³-hybridized carbons (Fsp3) is 0.636. The third-order valence-electron chi connectivity index (χ3n) is 6.04. The van der Waals surface area contributed by atoms with Crippen LogP contribution in [0.25, 0.3) is 0 Å². The topological polar surface area (TPSA) is 61.4 Å². The number of hydrogen-bond acceptors (Lipinski definition) is 3. The first-order valence-corrected chi connectivity index (χ1v) is 10.5. The van der Waals surface area contributed by atoms with Gasteiger partial charge in [0, 0.05) is 23.7 Å². The van der Waals surface area contributed by atoms with Gasteiger partial charge in [0.25, 0.3) is 5.91 Å². The van der Waals surface area contributed by atoms with Gasteiger partial charge in [-0.05, 0) is 76.4 Å². The summed E-state index contributed by atoms with van der Waals surface area (Å²) in [7, 11) is 2.16. The number of piperidine rings is 1. The van der Waals surface area contributed by atoms with Crippen LogP contribution in [0.15, 0.2) is 24.3 Å². The maximum atomic E-state index is 12.4. The quantitative estimate of drug-likeness (QED) is 0.802. The maximum Gasteiger partial charge on any atom is 0.251 e. The van der Waals surface area contributed by atoms with Crippen LogP contribution in [0.3, 0.4) is 0 Å². The van der Waals surface area contributed by atoms with E-state index in [-0.39, 0.29) is 17.7 Å². The number of rotatable bonds is 6. The SMILES string of the molecule is CN1CCC(CCNC(=O)c2cccc(NC(=O)C3CCCCC3)c2)CC1. The highest BCUT2D eigenvalue weighted by atomic mass is 16.2. The Labute approximate surface area is 162 Å². The van der Waals surface area contributed by atoms with E-state index in [1.165, 1.54) is 19.3 Å². The molecule has 5 heteroatoms. The van der Waals surface area contributed by atoms with Crippen molar-refractivity contribution in [2.45, 2.75) is 51.4 Å². The van der Waals surface area contributed by atoms with Crippen molar-refractivity contribution in [3.63, 3.8) is 0 Å². The molecule has 0 spiro atoms.